The summed E-state index contributed by atoms with van der Waals surface area (Å²) in [5.41, 5.74) is 3.71. The smallest absolute Gasteiger partial charge is 0.337 e. The number of urea groups is 1. The summed E-state index contributed by atoms with van der Waals surface area (Å²) in [4.78, 5) is 40.0. The molecule has 0 saturated carbocycles. The molecule has 8 nitrogen and oxygen atoms in total. The topological polar surface area (TPSA) is 88.2 Å². The van der Waals surface area contributed by atoms with Crippen LogP contribution in [0.1, 0.15) is 44.9 Å². The molecule has 0 aromatic heterocycles. The summed E-state index contributed by atoms with van der Waals surface area (Å²) in [7, 11) is 1.36. The maximum atomic E-state index is 12.8. The van der Waals surface area contributed by atoms with Crippen LogP contribution in [0.25, 0.3) is 0 Å². The Balaban J connectivity index is 1.33. The number of ether oxygens (including phenoxy) is 2. The molecular weight excluding hydrogens is 518 g/mol. The molecule has 0 radical (unpaired) electrons. The van der Waals surface area contributed by atoms with E-state index in [-0.39, 0.29) is 23.9 Å². The summed E-state index contributed by atoms with van der Waals surface area (Å²) < 4.78 is 11.1. The lowest BCUT2D eigenvalue weighted by atomic mass is 10.1. The predicted octanol–water partition coefficient (Wildman–Crippen LogP) is 5.44. The van der Waals surface area contributed by atoms with Crippen molar-refractivity contribution in [2.45, 2.75) is 19.6 Å². The van der Waals surface area contributed by atoms with Crippen molar-refractivity contribution >= 4 is 35.1 Å². The second-order valence-electron chi connectivity index (χ2n) is 9.39. The van der Waals surface area contributed by atoms with Gasteiger partial charge in [0.1, 0.15) is 0 Å². The fourth-order valence-corrected chi connectivity index (χ4v) is 4.47. The first-order valence-electron chi connectivity index (χ1n) is 12.8. The third-order valence-corrected chi connectivity index (χ3v) is 6.95. The van der Waals surface area contributed by atoms with Gasteiger partial charge < -0.3 is 19.7 Å². The number of rotatable bonds is 9. The number of benzene rings is 3. The molecule has 1 aliphatic heterocycles. The van der Waals surface area contributed by atoms with Crippen LogP contribution in [0.5, 0.6) is 0 Å². The molecule has 1 N–H and O–H groups in total. The lowest BCUT2D eigenvalue weighted by Gasteiger charge is -2.36. The van der Waals surface area contributed by atoms with Crippen LogP contribution in [-0.2, 0) is 16.1 Å². The number of hydrogen-bond acceptors (Lipinski definition) is 6. The second-order valence-corrected chi connectivity index (χ2v) is 9.83. The van der Waals surface area contributed by atoms with Crippen LogP contribution < -0.4 is 5.32 Å². The molecule has 9 heteroatoms. The van der Waals surface area contributed by atoms with Crippen LogP contribution in [0.2, 0.25) is 5.02 Å². The first-order valence-corrected chi connectivity index (χ1v) is 13.1. The molecule has 39 heavy (non-hydrogen) atoms. The van der Waals surface area contributed by atoms with E-state index in [0.29, 0.717) is 61.2 Å². The van der Waals surface area contributed by atoms with Crippen molar-refractivity contribution in [3.05, 3.63) is 100 Å². The standard InChI is InChI=1S/C30H32ClN3O5/c1-21(35)23-9-13-27(14-10-23)32-30(37)34-17-15-33(16-18-34)19-28(24-7-11-26(31)12-8-24)39-20-22-3-5-25(6-4-22)29(36)38-2/h3-14,28H,15-20H2,1-2H3,(H,32,37)/t28-/m1/s1. The largest absolute Gasteiger partial charge is 0.465 e. The van der Waals surface area contributed by atoms with Crippen LogP contribution >= 0.6 is 11.6 Å². The second kappa shape index (κ2) is 13.4. The molecule has 4 rings (SSSR count). The molecule has 0 bridgehead atoms. The number of hydrogen-bond donors (Lipinski definition) is 1. The van der Waals surface area contributed by atoms with Gasteiger partial charge in [-0.25, -0.2) is 9.59 Å². The summed E-state index contributed by atoms with van der Waals surface area (Å²) in [6.45, 7) is 5.12. The molecule has 1 aliphatic rings. The van der Waals surface area contributed by atoms with Crippen LogP contribution in [0.4, 0.5) is 10.5 Å². The maximum Gasteiger partial charge on any atom is 0.337 e. The Labute approximate surface area is 233 Å². The van der Waals surface area contributed by atoms with Crippen LogP contribution in [0.15, 0.2) is 72.8 Å². The monoisotopic (exact) mass is 549 g/mol. The van der Waals surface area contributed by atoms with Crippen LogP contribution in [-0.4, -0.2) is 67.4 Å². The van der Waals surface area contributed by atoms with Gasteiger partial charge in [-0.3, -0.25) is 9.69 Å². The van der Waals surface area contributed by atoms with E-state index >= 15 is 0 Å². The van der Waals surface area contributed by atoms with E-state index in [1.165, 1.54) is 14.0 Å². The van der Waals surface area contributed by atoms with E-state index in [4.69, 9.17) is 21.1 Å². The van der Waals surface area contributed by atoms with Crippen molar-refractivity contribution in [3.63, 3.8) is 0 Å². The van der Waals surface area contributed by atoms with Gasteiger partial charge >= 0.3 is 12.0 Å². The van der Waals surface area contributed by atoms with E-state index in [1.54, 1.807) is 41.3 Å². The molecule has 3 aromatic carbocycles. The third kappa shape index (κ3) is 7.89. The Kier molecular flexibility index (Phi) is 9.70. The fraction of sp³-hybridized carbons (Fsp3) is 0.300. The quantitative estimate of drug-likeness (QED) is 0.282. The number of anilines is 1. The Morgan fingerprint density at radius 1 is 0.872 bits per heavy atom. The van der Waals surface area contributed by atoms with Gasteiger partial charge in [0, 0.05) is 49.0 Å². The highest BCUT2D eigenvalue weighted by Gasteiger charge is 2.24. The van der Waals surface area contributed by atoms with Crippen molar-refractivity contribution in [1.82, 2.24) is 9.80 Å². The molecule has 2 amide bonds. The number of nitrogens with zero attached hydrogens (tertiary/aromatic N) is 2. The predicted molar refractivity (Wildman–Crippen MR) is 150 cm³/mol. The molecule has 0 aliphatic carbocycles. The molecule has 1 saturated heterocycles. The van der Waals surface area contributed by atoms with Gasteiger partial charge in [0.15, 0.2) is 5.78 Å². The minimum absolute atomic E-state index is 0.0126. The summed E-state index contributed by atoms with van der Waals surface area (Å²) in [6, 6.07) is 21.5. The third-order valence-electron chi connectivity index (χ3n) is 6.69. The van der Waals surface area contributed by atoms with E-state index in [0.717, 1.165) is 11.1 Å². The number of carbonyl (C=O) groups is 3. The van der Waals surface area contributed by atoms with E-state index in [1.807, 2.05) is 36.4 Å². The zero-order valence-electron chi connectivity index (χ0n) is 22.1. The SMILES string of the molecule is COC(=O)c1ccc(CO[C@H](CN2CCN(C(=O)Nc3ccc(C(C)=O)cc3)CC2)c2ccc(Cl)cc2)cc1. The highest BCUT2D eigenvalue weighted by Crippen LogP contribution is 2.24. The molecule has 0 unspecified atom stereocenters. The van der Waals surface area contributed by atoms with E-state index < -0.39 is 0 Å². The summed E-state index contributed by atoms with van der Waals surface area (Å²) in [5, 5.41) is 3.57. The Morgan fingerprint density at radius 2 is 1.49 bits per heavy atom. The van der Waals surface area contributed by atoms with Gasteiger partial charge in [-0.2, -0.15) is 0 Å². The Hall–Kier alpha value is -3.72. The molecule has 3 aromatic rings. The number of amides is 2. The van der Waals surface area contributed by atoms with Crippen molar-refractivity contribution < 1.29 is 23.9 Å². The highest BCUT2D eigenvalue weighted by atomic mass is 35.5. The Bertz CT molecular complexity index is 1270. The maximum absolute atomic E-state index is 12.8. The van der Waals surface area contributed by atoms with Crippen molar-refractivity contribution in [2.24, 2.45) is 0 Å². The van der Waals surface area contributed by atoms with Crippen molar-refractivity contribution in [3.8, 4) is 0 Å². The van der Waals surface area contributed by atoms with Crippen LogP contribution in [0, 0.1) is 0 Å². The lowest BCUT2D eigenvalue weighted by molar-refractivity contribution is 0.00592. The number of piperazine rings is 1. The van der Waals surface area contributed by atoms with Crippen molar-refractivity contribution in [1.29, 1.82) is 0 Å². The molecule has 204 valence electrons. The minimum atomic E-state index is -0.375. The normalized spacial score (nSPS) is 14.5. The molecular formula is C30H32ClN3O5. The number of nitrogens with one attached hydrogen (secondary N) is 1. The van der Waals surface area contributed by atoms with Gasteiger partial charge in [-0.1, -0.05) is 35.9 Å². The summed E-state index contributed by atoms with van der Waals surface area (Å²) >= 11 is 6.11. The first kappa shape index (κ1) is 28.3. The van der Waals surface area contributed by atoms with Crippen molar-refractivity contribution in [2.75, 3.05) is 45.2 Å². The van der Waals surface area contributed by atoms with Gasteiger partial charge in [0.25, 0.3) is 0 Å². The average Bonchev–Trinajstić information content (AvgIpc) is 2.96. The highest BCUT2D eigenvalue weighted by molar-refractivity contribution is 6.30. The van der Waals surface area contributed by atoms with E-state index in [2.05, 4.69) is 10.2 Å². The number of esters is 1. The van der Waals surface area contributed by atoms with Gasteiger partial charge in [-0.05, 0) is 66.6 Å². The van der Waals surface area contributed by atoms with Gasteiger partial charge in [0.05, 0.1) is 25.4 Å². The zero-order chi connectivity index (χ0) is 27.8. The van der Waals surface area contributed by atoms with Gasteiger partial charge in [0.2, 0.25) is 0 Å². The minimum Gasteiger partial charge on any atom is -0.465 e. The molecule has 1 atom stereocenters. The average molecular weight is 550 g/mol. The zero-order valence-corrected chi connectivity index (χ0v) is 22.8. The molecule has 1 heterocycles. The van der Waals surface area contributed by atoms with Crippen LogP contribution in [0.3, 0.4) is 0 Å². The first-order chi connectivity index (χ1) is 18.8. The summed E-state index contributed by atoms with van der Waals surface area (Å²) in [6.07, 6.45) is -0.206. The number of carbonyl (C=O) groups excluding carboxylic acids is 3. The number of ketones is 1. The lowest BCUT2D eigenvalue weighted by Crippen LogP contribution is -2.50. The van der Waals surface area contributed by atoms with E-state index in [9.17, 15) is 14.4 Å². The number of Topliss-reactive ketones (excluding diaryl/α,β-unsaturated/α-hetero) is 1. The van der Waals surface area contributed by atoms with Gasteiger partial charge in [-0.15, -0.1) is 0 Å². The molecule has 0 spiro atoms. The Morgan fingerprint density at radius 3 is 2.08 bits per heavy atom. The molecule has 1 fully saturated rings. The number of halogens is 1. The number of methoxy groups -OCH3 is 1. The summed E-state index contributed by atoms with van der Waals surface area (Å²) in [5.74, 6) is -0.387. The fourth-order valence-electron chi connectivity index (χ4n) is 4.34.